The molecule has 132 valence electrons. The molecule has 0 N–H and O–H groups in total. The molecule has 0 fully saturated rings. The molecule has 0 saturated heterocycles. The van der Waals surface area contributed by atoms with E-state index in [1.807, 2.05) is 0 Å². The molecular formula is C14H9BrF4N4O2. The van der Waals surface area contributed by atoms with Crippen LogP contribution in [-0.2, 0) is 19.8 Å². The highest BCUT2D eigenvalue weighted by atomic mass is 79.9. The Bertz CT molecular complexity index is 1100. The number of hydrogen-bond donors (Lipinski definition) is 0. The summed E-state index contributed by atoms with van der Waals surface area (Å²) in [5, 5.41) is 0. The summed E-state index contributed by atoms with van der Waals surface area (Å²) in [6, 6.07) is 2.30. The molecule has 0 aliphatic heterocycles. The molecule has 3 rings (SSSR count). The lowest BCUT2D eigenvalue weighted by Gasteiger charge is -2.14. The quantitative estimate of drug-likeness (QED) is 0.597. The lowest BCUT2D eigenvalue weighted by molar-refractivity contribution is -0.138. The van der Waals surface area contributed by atoms with Crippen molar-refractivity contribution in [2.75, 3.05) is 0 Å². The van der Waals surface area contributed by atoms with Gasteiger partial charge < -0.3 is 4.57 Å². The molecule has 3 aromatic rings. The van der Waals surface area contributed by atoms with Crippen LogP contribution in [0.2, 0.25) is 0 Å². The van der Waals surface area contributed by atoms with Crippen LogP contribution in [0.3, 0.4) is 0 Å². The van der Waals surface area contributed by atoms with Crippen molar-refractivity contribution in [1.82, 2.24) is 17.7 Å². The van der Waals surface area contributed by atoms with Gasteiger partial charge in [-0.25, -0.2) is 14.2 Å². The summed E-state index contributed by atoms with van der Waals surface area (Å²) in [4.78, 5) is 28.0. The number of imidazole rings is 1. The van der Waals surface area contributed by atoms with Crippen LogP contribution in [-0.4, -0.2) is 17.7 Å². The summed E-state index contributed by atoms with van der Waals surface area (Å²) in [5.41, 5.74) is -2.84. The van der Waals surface area contributed by atoms with Gasteiger partial charge in [-0.3, -0.25) is 9.36 Å². The molecule has 25 heavy (non-hydrogen) atoms. The lowest BCUT2D eigenvalue weighted by atomic mass is 10.1. The van der Waals surface area contributed by atoms with Crippen LogP contribution in [0, 0.1) is 5.82 Å². The Labute approximate surface area is 145 Å². The largest absolute Gasteiger partial charge is 0.416 e. The number of aryl methyl sites for hydroxylation is 1. The van der Waals surface area contributed by atoms with E-state index in [0.29, 0.717) is 9.66 Å². The molecule has 0 unspecified atom stereocenters. The van der Waals surface area contributed by atoms with Crippen LogP contribution in [0.5, 0.6) is 0 Å². The first kappa shape index (κ1) is 17.4. The van der Waals surface area contributed by atoms with E-state index in [9.17, 15) is 27.2 Å². The molecule has 0 atom stereocenters. The van der Waals surface area contributed by atoms with Crippen LogP contribution in [0.15, 0.2) is 34.1 Å². The van der Waals surface area contributed by atoms with E-state index in [1.165, 1.54) is 11.6 Å². The SMILES string of the molecule is Cn1c(=O)n(Br)c(=O)c2c1ncn2Cc1ccc(F)cc1C(F)(F)F. The first-order valence-corrected chi connectivity index (χ1v) is 7.51. The molecule has 1 aromatic carbocycles. The molecule has 0 aliphatic carbocycles. The number of hydrogen-bond acceptors (Lipinski definition) is 3. The lowest BCUT2D eigenvalue weighted by Crippen LogP contribution is -2.34. The zero-order valence-corrected chi connectivity index (χ0v) is 14.1. The summed E-state index contributed by atoms with van der Waals surface area (Å²) in [6.07, 6.45) is -3.60. The minimum absolute atomic E-state index is 0.0290. The monoisotopic (exact) mass is 420 g/mol. The van der Waals surface area contributed by atoms with E-state index < -0.39 is 28.8 Å². The van der Waals surface area contributed by atoms with Gasteiger partial charge in [0, 0.05) is 13.6 Å². The maximum Gasteiger partial charge on any atom is 0.416 e. The van der Waals surface area contributed by atoms with Gasteiger partial charge in [-0.2, -0.15) is 16.8 Å². The molecular weight excluding hydrogens is 412 g/mol. The van der Waals surface area contributed by atoms with Crippen molar-refractivity contribution >= 4 is 27.3 Å². The zero-order valence-electron chi connectivity index (χ0n) is 12.5. The topological polar surface area (TPSA) is 61.8 Å². The number of halogens is 5. The number of nitrogens with zero attached hydrogens (tertiary/aromatic N) is 4. The summed E-state index contributed by atoms with van der Waals surface area (Å²) in [6.45, 7) is -0.369. The van der Waals surface area contributed by atoms with Gasteiger partial charge >= 0.3 is 11.9 Å². The van der Waals surface area contributed by atoms with Crippen LogP contribution in [0.1, 0.15) is 11.1 Å². The number of alkyl halides is 3. The highest BCUT2D eigenvalue weighted by Gasteiger charge is 2.34. The van der Waals surface area contributed by atoms with Crippen molar-refractivity contribution in [1.29, 1.82) is 0 Å². The van der Waals surface area contributed by atoms with Gasteiger partial charge in [0.2, 0.25) is 0 Å². The highest BCUT2D eigenvalue weighted by Crippen LogP contribution is 2.33. The zero-order chi connectivity index (χ0) is 18.5. The number of benzene rings is 1. The number of aromatic nitrogens is 4. The predicted molar refractivity (Wildman–Crippen MR) is 84.1 cm³/mol. The van der Waals surface area contributed by atoms with Crippen LogP contribution in [0.4, 0.5) is 17.6 Å². The summed E-state index contributed by atoms with van der Waals surface area (Å²) in [7, 11) is 1.37. The number of fused-ring (bicyclic) bond motifs is 1. The van der Waals surface area contributed by atoms with E-state index in [2.05, 4.69) is 21.1 Å². The average molecular weight is 421 g/mol. The minimum atomic E-state index is -4.75. The molecule has 0 bridgehead atoms. The molecule has 2 heterocycles. The summed E-state index contributed by atoms with van der Waals surface area (Å²) >= 11 is 2.81. The molecule has 0 radical (unpaired) electrons. The van der Waals surface area contributed by atoms with Crippen LogP contribution in [0.25, 0.3) is 11.2 Å². The van der Waals surface area contributed by atoms with Crippen molar-refractivity contribution in [2.24, 2.45) is 7.05 Å². The Morgan fingerprint density at radius 2 is 1.92 bits per heavy atom. The minimum Gasteiger partial charge on any atom is -0.320 e. The second-order valence-electron chi connectivity index (χ2n) is 5.27. The Kier molecular flexibility index (Phi) is 4.06. The Morgan fingerprint density at radius 3 is 2.56 bits per heavy atom. The third-order valence-corrected chi connectivity index (χ3v) is 4.32. The average Bonchev–Trinajstić information content (AvgIpc) is 2.95. The predicted octanol–water partition coefficient (Wildman–Crippen LogP) is 2.26. The van der Waals surface area contributed by atoms with Crippen molar-refractivity contribution in [2.45, 2.75) is 12.7 Å². The standard InChI is InChI=1S/C14H9BrF4N4O2/c1-21-11-10(12(24)23(15)13(21)25)22(6-20-11)5-7-2-3-8(16)4-9(7)14(17,18)19/h2-4,6H,5H2,1H3. The van der Waals surface area contributed by atoms with Crippen LogP contribution >= 0.6 is 16.1 Å². The fourth-order valence-corrected chi connectivity index (χ4v) is 2.90. The Balaban J connectivity index is 2.22. The third-order valence-electron chi connectivity index (χ3n) is 3.69. The van der Waals surface area contributed by atoms with Gasteiger partial charge in [0.05, 0.1) is 28.0 Å². The third kappa shape index (κ3) is 2.88. The summed E-state index contributed by atoms with van der Waals surface area (Å²) in [5.74, 6) is -1.02. The van der Waals surface area contributed by atoms with Crippen molar-refractivity contribution in [3.05, 3.63) is 62.3 Å². The molecule has 0 aliphatic rings. The highest BCUT2D eigenvalue weighted by molar-refractivity contribution is 9.08. The normalized spacial score (nSPS) is 12.1. The van der Waals surface area contributed by atoms with Gasteiger partial charge in [0.25, 0.3) is 5.56 Å². The smallest absolute Gasteiger partial charge is 0.320 e. The molecule has 0 amide bonds. The first-order valence-electron chi connectivity index (χ1n) is 6.80. The fraction of sp³-hybridized carbons (Fsp3) is 0.214. The second-order valence-corrected chi connectivity index (χ2v) is 5.98. The first-order chi connectivity index (χ1) is 11.6. The maximum absolute atomic E-state index is 13.2. The molecule has 0 spiro atoms. The van der Waals surface area contributed by atoms with E-state index in [1.54, 1.807) is 0 Å². The van der Waals surface area contributed by atoms with E-state index >= 15 is 0 Å². The fourth-order valence-electron chi connectivity index (χ4n) is 2.49. The number of rotatable bonds is 2. The van der Waals surface area contributed by atoms with Crippen LogP contribution < -0.4 is 11.2 Å². The summed E-state index contributed by atoms with van der Waals surface area (Å²) < 4.78 is 55.5. The van der Waals surface area contributed by atoms with Gasteiger partial charge in [-0.1, -0.05) is 6.07 Å². The van der Waals surface area contributed by atoms with Crippen molar-refractivity contribution < 1.29 is 17.6 Å². The van der Waals surface area contributed by atoms with E-state index in [0.717, 1.165) is 23.0 Å². The van der Waals surface area contributed by atoms with E-state index in [-0.39, 0.29) is 23.3 Å². The van der Waals surface area contributed by atoms with E-state index in [4.69, 9.17) is 0 Å². The Morgan fingerprint density at radius 1 is 1.24 bits per heavy atom. The maximum atomic E-state index is 13.2. The molecule has 0 saturated carbocycles. The molecule has 6 nitrogen and oxygen atoms in total. The van der Waals surface area contributed by atoms with Gasteiger partial charge in [-0.15, -0.1) is 0 Å². The molecule has 2 aromatic heterocycles. The second kappa shape index (κ2) is 5.83. The Hall–Kier alpha value is -2.43. The molecule has 11 heteroatoms. The van der Waals surface area contributed by atoms with Gasteiger partial charge in [0.15, 0.2) is 11.2 Å². The van der Waals surface area contributed by atoms with Gasteiger partial charge in [-0.05, 0) is 17.7 Å². The van der Waals surface area contributed by atoms with Gasteiger partial charge in [0.1, 0.15) is 5.82 Å². The van der Waals surface area contributed by atoms with Crippen molar-refractivity contribution in [3.8, 4) is 0 Å². The van der Waals surface area contributed by atoms with Crippen molar-refractivity contribution in [3.63, 3.8) is 0 Å².